The third-order valence-corrected chi connectivity index (χ3v) is 4.65. The monoisotopic (exact) mass is 252 g/mol. The summed E-state index contributed by atoms with van der Waals surface area (Å²) in [5.41, 5.74) is 1.41. The number of rotatable bonds is 4. The molecule has 0 radical (unpaired) electrons. The summed E-state index contributed by atoms with van der Waals surface area (Å²) < 4.78 is 2.34. The summed E-state index contributed by atoms with van der Waals surface area (Å²) in [5, 5.41) is 3.33. The summed E-state index contributed by atoms with van der Waals surface area (Å²) >= 11 is 2.07. The van der Waals surface area contributed by atoms with E-state index in [-0.39, 0.29) is 0 Å². The lowest BCUT2D eigenvalue weighted by Crippen LogP contribution is -2.41. The Bertz CT molecular complexity index is 355. The highest BCUT2D eigenvalue weighted by atomic mass is 32.2. The molecule has 3 heterocycles. The molecule has 1 aromatic heterocycles. The van der Waals surface area contributed by atoms with Gasteiger partial charge in [0.05, 0.1) is 6.33 Å². The fraction of sp³-hybridized carbons (Fsp3) is 0.750. The maximum atomic E-state index is 4.30. The number of imidazole rings is 1. The lowest BCUT2D eigenvalue weighted by Gasteiger charge is -2.29. The van der Waals surface area contributed by atoms with Crippen LogP contribution in [0.4, 0.5) is 0 Å². The zero-order chi connectivity index (χ0) is 11.5. The van der Waals surface area contributed by atoms with Gasteiger partial charge in [-0.05, 0) is 0 Å². The summed E-state index contributed by atoms with van der Waals surface area (Å²) in [5.74, 6) is 3.28. The molecule has 2 aliphatic rings. The van der Waals surface area contributed by atoms with Crippen molar-refractivity contribution in [2.24, 2.45) is 0 Å². The second kappa shape index (κ2) is 5.42. The highest BCUT2D eigenvalue weighted by Gasteiger charge is 2.22. The Balaban J connectivity index is 1.55. The average Bonchev–Trinajstić information content (AvgIpc) is 2.74. The van der Waals surface area contributed by atoms with E-state index in [1.54, 1.807) is 0 Å². The normalized spacial score (nSPS) is 22.6. The molecule has 2 fully saturated rings. The molecule has 0 unspecified atom stereocenters. The topological polar surface area (TPSA) is 33.1 Å². The summed E-state index contributed by atoms with van der Waals surface area (Å²) in [6.45, 7) is 7.00. The van der Waals surface area contributed by atoms with Crippen LogP contribution < -0.4 is 5.32 Å². The molecule has 17 heavy (non-hydrogen) atoms. The Hall–Kier alpha value is -0.520. The third kappa shape index (κ3) is 2.67. The molecule has 5 heteroatoms. The highest BCUT2D eigenvalue weighted by Crippen LogP contribution is 2.19. The van der Waals surface area contributed by atoms with Gasteiger partial charge in [-0.25, -0.2) is 4.98 Å². The van der Waals surface area contributed by atoms with E-state index in [9.17, 15) is 0 Å². The first-order valence-electron chi connectivity index (χ1n) is 6.44. The molecule has 0 aliphatic carbocycles. The van der Waals surface area contributed by atoms with Crippen LogP contribution >= 0.6 is 11.8 Å². The molecule has 0 aromatic carbocycles. The van der Waals surface area contributed by atoms with Crippen LogP contribution in [0.3, 0.4) is 0 Å². The van der Waals surface area contributed by atoms with E-state index in [2.05, 4.69) is 31.5 Å². The first-order valence-corrected chi connectivity index (χ1v) is 7.60. The van der Waals surface area contributed by atoms with Gasteiger partial charge in [-0.3, -0.25) is 4.90 Å². The van der Waals surface area contributed by atoms with Crippen molar-refractivity contribution in [1.82, 2.24) is 19.8 Å². The van der Waals surface area contributed by atoms with Gasteiger partial charge in [0.15, 0.2) is 0 Å². The van der Waals surface area contributed by atoms with Gasteiger partial charge >= 0.3 is 0 Å². The lowest BCUT2D eigenvalue weighted by molar-refractivity contribution is 0.285. The Labute approximate surface area is 107 Å². The highest BCUT2D eigenvalue weighted by molar-refractivity contribution is 7.99. The van der Waals surface area contributed by atoms with Crippen molar-refractivity contribution in [2.45, 2.75) is 12.5 Å². The maximum absolute atomic E-state index is 4.30. The van der Waals surface area contributed by atoms with E-state index >= 15 is 0 Å². The van der Waals surface area contributed by atoms with Crippen molar-refractivity contribution in [1.29, 1.82) is 0 Å². The number of hydrogen-bond acceptors (Lipinski definition) is 4. The van der Waals surface area contributed by atoms with Crippen LogP contribution in [0.2, 0.25) is 0 Å². The Kier molecular flexibility index (Phi) is 3.68. The minimum atomic E-state index is 0.689. The Morgan fingerprint density at radius 2 is 2.12 bits per heavy atom. The number of aromatic nitrogens is 2. The van der Waals surface area contributed by atoms with Crippen molar-refractivity contribution in [3.05, 3.63) is 18.2 Å². The van der Waals surface area contributed by atoms with Crippen LogP contribution in [0.15, 0.2) is 12.5 Å². The molecule has 1 aromatic rings. The quantitative estimate of drug-likeness (QED) is 0.851. The van der Waals surface area contributed by atoms with E-state index in [0.717, 1.165) is 19.6 Å². The predicted octanol–water partition coefficient (Wildman–Crippen LogP) is 0.619. The molecule has 3 rings (SSSR count). The van der Waals surface area contributed by atoms with Crippen LogP contribution in [0.25, 0.3) is 0 Å². The lowest BCUT2D eigenvalue weighted by atomic mass is 10.00. The summed E-state index contributed by atoms with van der Waals surface area (Å²) in [4.78, 5) is 6.87. The van der Waals surface area contributed by atoms with Crippen LogP contribution in [0, 0.1) is 0 Å². The minimum Gasteiger partial charge on any atom is -0.333 e. The van der Waals surface area contributed by atoms with Gasteiger partial charge in [0.1, 0.15) is 0 Å². The fourth-order valence-corrected chi connectivity index (χ4v) is 3.41. The first-order chi connectivity index (χ1) is 8.43. The number of thioether (sulfide) groups is 1. The largest absolute Gasteiger partial charge is 0.333 e. The van der Waals surface area contributed by atoms with Crippen molar-refractivity contribution in [2.75, 3.05) is 44.2 Å². The molecule has 0 spiro atoms. The van der Waals surface area contributed by atoms with Gasteiger partial charge in [-0.2, -0.15) is 11.8 Å². The van der Waals surface area contributed by atoms with Crippen molar-refractivity contribution in [3.63, 3.8) is 0 Å². The zero-order valence-electron chi connectivity index (χ0n) is 10.1. The van der Waals surface area contributed by atoms with Crippen LogP contribution in [-0.2, 0) is 6.54 Å². The molecular formula is C12H20N4S. The van der Waals surface area contributed by atoms with Crippen LogP contribution in [0.1, 0.15) is 11.6 Å². The van der Waals surface area contributed by atoms with E-state index < -0.39 is 0 Å². The fourth-order valence-electron chi connectivity index (χ4n) is 2.43. The zero-order valence-corrected chi connectivity index (χ0v) is 11.0. The first kappa shape index (κ1) is 11.6. The second-order valence-corrected chi connectivity index (χ2v) is 6.05. The van der Waals surface area contributed by atoms with E-state index in [4.69, 9.17) is 0 Å². The van der Waals surface area contributed by atoms with Crippen LogP contribution in [-0.4, -0.2) is 58.7 Å². The standard InChI is InChI=1S/C12H20N4S/c1(15-3-5-17-6-4-15)2-16-10-14-9-12(16)11-7-13-8-11/h9-11,13H,1-8H2. The van der Waals surface area contributed by atoms with Crippen LogP contribution in [0.5, 0.6) is 0 Å². The summed E-state index contributed by atoms with van der Waals surface area (Å²) in [6.07, 6.45) is 4.03. The molecule has 0 saturated carbocycles. The van der Waals surface area contributed by atoms with Gasteiger partial charge in [-0.1, -0.05) is 0 Å². The minimum absolute atomic E-state index is 0.689. The van der Waals surface area contributed by atoms with Gasteiger partial charge in [-0.15, -0.1) is 0 Å². The molecule has 94 valence electrons. The maximum Gasteiger partial charge on any atom is 0.0948 e. The summed E-state index contributed by atoms with van der Waals surface area (Å²) in [7, 11) is 0. The second-order valence-electron chi connectivity index (χ2n) is 4.82. The van der Waals surface area contributed by atoms with Gasteiger partial charge < -0.3 is 9.88 Å². The molecule has 0 amide bonds. The van der Waals surface area contributed by atoms with Gasteiger partial charge in [0, 0.05) is 68.6 Å². The average molecular weight is 252 g/mol. The molecular weight excluding hydrogens is 232 g/mol. The van der Waals surface area contributed by atoms with Gasteiger partial charge in [0.25, 0.3) is 0 Å². The van der Waals surface area contributed by atoms with Gasteiger partial charge in [0.2, 0.25) is 0 Å². The van der Waals surface area contributed by atoms with Crippen molar-refractivity contribution < 1.29 is 0 Å². The molecule has 2 saturated heterocycles. The molecule has 2 aliphatic heterocycles. The molecule has 0 bridgehead atoms. The number of nitrogens with zero attached hydrogens (tertiary/aromatic N) is 3. The van der Waals surface area contributed by atoms with E-state index in [0.29, 0.717) is 5.92 Å². The molecule has 0 atom stereocenters. The van der Waals surface area contributed by atoms with Crippen molar-refractivity contribution >= 4 is 11.8 Å². The molecule has 1 N–H and O–H groups in total. The number of hydrogen-bond donors (Lipinski definition) is 1. The van der Waals surface area contributed by atoms with E-state index in [1.165, 1.54) is 36.8 Å². The van der Waals surface area contributed by atoms with E-state index in [1.807, 2.05) is 12.5 Å². The molecule has 4 nitrogen and oxygen atoms in total. The predicted molar refractivity (Wildman–Crippen MR) is 71.6 cm³/mol. The Morgan fingerprint density at radius 1 is 1.29 bits per heavy atom. The number of nitrogens with one attached hydrogen (secondary N) is 1. The Morgan fingerprint density at radius 3 is 2.82 bits per heavy atom. The smallest absolute Gasteiger partial charge is 0.0948 e. The summed E-state index contributed by atoms with van der Waals surface area (Å²) in [6, 6.07) is 0. The SMILES string of the molecule is c1ncn(CCN2CCSCC2)c1C1CNC1. The third-order valence-electron chi connectivity index (χ3n) is 3.71. The van der Waals surface area contributed by atoms with Crippen molar-refractivity contribution in [3.8, 4) is 0 Å².